The normalized spacial score (nSPS) is 10.1. The molecule has 0 aliphatic rings. The second-order valence-corrected chi connectivity index (χ2v) is 3.56. The highest BCUT2D eigenvalue weighted by Crippen LogP contribution is 2.22. The fraction of sp³-hybridized carbons (Fsp3) is 0.364. The van der Waals surface area contributed by atoms with Crippen LogP contribution in [0.25, 0.3) is 0 Å². The lowest BCUT2D eigenvalue weighted by Crippen LogP contribution is -2.25. The highest BCUT2D eigenvalue weighted by Gasteiger charge is 2.11. The van der Waals surface area contributed by atoms with E-state index >= 15 is 0 Å². The van der Waals surface area contributed by atoms with Crippen molar-refractivity contribution in [3.05, 3.63) is 23.8 Å². The van der Waals surface area contributed by atoms with Gasteiger partial charge in [-0.25, -0.2) is 0 Å². The summed E-state index contributed by atoms with van der Waals surface area (Å²) < 4.78 is 4.98. The molecule has 5 nitrogen and oxygen atoms in total. The van der Waals surface area contributed by atoms with Crippen LogP contribution in [0.1, 0.15) is 10.4 Å². The van der Waals surface area contributed by atoms with Gasteiger partial charge in [0.2, 0.25) is 0 Å². The second-order valence-electron chi connectivity index (χ2n) is 3.56. The van der Waals surface area contributed by atoms with Crippen molar-refractivity contribution >= 4 is 17.3 Å². The van der Waals surface area contributed by atoms with Gasteiger partial charge >= 0.3 is 0 Å². The van der Waals surface area contributed by atoms with Gasteiger partial charge in [-0.2, -0.15) is 0 Å². The molecule has 88 valence electrons. The molecule has 0 fully saturated rings. The molecular weight excluding hydrogens is 206 g/mol. The molecule has 1 rings (SSSR count). The Morgan fingerprint density at radius 3 is 2.75 bits per heavy atom. The van der Waals surface area contributed by atoms with E-state index < -0.39 is 5.91 Å². The van der Waals surface area contributed by atoms with E-state index in [1.165, 1.54) is 0 Å². The summed E-state index contributed by atoms with van der Waals surface area (Å²) in [5.41, 5.74) is 12.8. The average molecular weight is 223 g/mol. The number of hydrogen-bond donors (Lipinski definition) is 2. The first-order valence-electron chi connectivity index (χ1n) is 4.95. The van der Waals surface area contributed by atoms with Crippen LogP contribution in [-0.2, 0) is 4.74 Å². The predicted octanol–water partition coefficient (Wildman–Crippen LogP) is 0.450. The largest absolute Gasteiger partial charge is 0.399 e. The lowest BCUT2D eigenvalue weighted by molar-refractivity contribution is 0.100. The average Bonchev–Trinajstić information content (AvgIpc) is 2.25. The molecule has 0 saturated carbocycles. The van der Waals surface area contributed by atoms with Crippen LogP contribution >= 0.6 is 0 Å². The number of primary amides is 1. The Hall–Kier alpha value is -1.75. The summed E-state index contributed by atoms with van der Waals surface area (Å²) in [7, 11) is 3.49. The van der Waals surface area contributed by atoms with Crippen molar-refractivity contribution in [2.24, 2.45) is 5.73 Å². The number of methoxy groups -OCH3 is 1. The summed E-state index contributed by atoms with van der Waals surface area (Å²) in [5.74, 6) is -0.459. The van der Waals surface area contributed by atoms with E-state index in [-0.39, 0.29) is 0 Å². The number of nitrogens with zero attached hydrogens (tertiary/aromatic N) is 1. The third-order valence-electron chi connectivity index (χ3n) is 2.33. The number of rotatable bonds is 5. The minimum Gasteiger partial charge on any atom is -0.399 e. The SMILES string of the molecule is COCCN(C)c1cc(N)ccc1C(N)=O. The number of nitrogen functional groups attached to an aromatic ring is 1. The van der Waals surface area contributed by atoms with Crippen LogP contribution in [0.15, 0.2) is 18.2 Å². The van der Waals surface area contributed by atoms with Crippen molar-refractivity contribution in [1.29, 1.82) is 0 Å². The van der Waals surface area contributed by atoms with Gasteiger partial charge in [0, 0.05) is 26.4 Å². The number of carbonyl (C=O) groups excluding carboxylic acids is 1. The zero-order valence-electron chi connectivity index (χ0n) is 9.56. The maximum Gasteiger partial charge on any atom is 0.250 e. The van der Waals surface area contributed by atoms with E-state index in [2.05, 4.69) is 0 Å². The van der Waals surface area contributed by atoms with Crippen molar-refractivity contribution in [3.8, 4) is 0 Å². The third-order valence-corrected chi connectivity index (χ3v) is 2.33. The molecule has 16 heavy (non-hydrogen) atoms. The first-order valence-corrected chi connectivity index (χ1v) is 4.95. The van der Waals surface area contributed by atoms with E-state index in [1.54, 1.807) is 25.3 Å². The number of hydrogen-bond acceptors (Lipinski definition) is 4. The first-order chi connectivity index (χ1) is 7.56. The second kappa shape index (κ2) is 5.37. The minimum absolute atomic E-state index is 0.459. The number of likely N-dealkylation sites (N-methyl/N-ethyl adjacent to an activating group) is 1. The summed E-state index contributed by atoms with van der Waals surface area (Å²) in [6.07, 6.45) is 0. The number of benzene rings is 1. The third kappa shape index (κ3) is 2.87. The fourth-order valence-electron chi connectivity index (χ4n) is 1.42. The van der Waals surface area contributed by atoms with Gasteiger partial charge in [-0.3, -0.25) is 4.79 Å². The smallest absolute Gasteiger partial charge is 0.250 e. The molecule has 0 spiro atoms. The van der Waals surface area contributed by atoms with Gasteiger partial charge < -0.3 is 21.1 Å². The van der Waals surface area contributed by atoms with Crippen LogP contribution in [0, 0.1) is 0 Å². The molecule has 0 aromatic heterocycles. The van der Waals surface area contributed by atoms with Crippen LogP contribution in [0.4, 0.5) is 11.4 Å². The summed E-state index contributed by atoms with van der Waals surface area (Å²) >= 11 is 0. The fourth-order valence-corrected chi connectivity index (χ4v) is 1.42. The maximum absolute atomic E-state index is 11.2. The van der Waals surface area contributed by atoms with E-state index in [1.807, 2.05) is 11.9 Å². The van der Waals surface area contributed by atoms with Gasteiger partial charge in [-0.05, 0) is 18.2 Å². The van der Waals surface area contributed by atoms with Crippen molar-refractivity contribution in [2.45, 2.75) is 0 Å². The van der Waals surface area contributed by atoms with Gasteiger partial charge in [0.15, 0.2) is 0 Å². The van der Waals surface area contributed by atoms with Gasteiger partial charge in [0.1, 0.15) is 0 Å². The van der Waals surface area contributed by atoms with Gasteiger partial charge in [-0.15, -0.1) is 0 Å². The number of nitrogens with two attached hydrogens (primary N) is 2. The van der Waals surface area contributed by atoms with E-state index in [4.69, 9.17) is 16.2 Å². The van der Waals surface area contributed by atoms with Crippen LogP contribution in [0.5, 0.6) is 0 Å². The molecule has 0 atom stereocenters. The molecule has 0 radical (unpaired) electrons. The van der Waals surface area contributed by atoms with E-state index in [9.17, 15) is 4.79 Å². The zero-order valence-corrected chi connectivity index (χ0v) is 9.56. The molecule has 1 aromatic rings. The maximum atomic E-state index is 11.2. The highest BCUT2D eigenvalue weighted by atomic mass is 16.5. The molecule has 4 N–H and O–H groups in total. The zero-order chi connectivity index (χ0) is 12.1. The van der Waals surface area contributed by atoms with Gasteiger partial charge in [0.25, 0.3) is 5.91 Å². The van der Waals surface area contributed by atoms with Crippen LogP contribution in [-0.4, -0.2) is 33.2 Å². The first kappa shape index (κ1) is 12.3. The Labute approximate surface area is 95.0 Å². The number of anilines is 2. The lowest BCUT2D eigenvalue weighted by atomic mass is 10.1. The Morgan fingerprint density at radius 2 is 2.19 bits per heavy atom. The van der Waals surface area contributed by atoms with Crippen LogP contribution in [0.2, 0.25) is 0 Å². The molecule has 1 amide bonds. The van der Waals surface area contributed by atoms with Gasteiger partial charge in [-0.1, -0.05) is 0 Å². The summed E-state index contributed by atoms with van der Waals surface area (Å²) in [5, 5.41) is 0. The Bertz CT molecular complexity index is 379. The summed E-state index contributed by atoms with van der Waals surface area (Å²) in [6, 6.07) is 5.03. The lowest BCUT2D eigenvalue weighted by Gasteiger charge is -2.21. The Morgan fingerprint density at radius 1 is 1.50 bits per heavy atom. The molecule has 0 saturated heterocycles. The van der Waals surface area contributed by atoms with E-state index in [0.29, 0.717) is 24.4 Å². The molecule has 0 aliphatic heterocycles. The molecule has 0 aliphatic carbocycles. The quantitative estimate of drug-likeness (QED) is 0.710. The standard InChI is InChI=1S/C11H17N3O2/c1-14(5-6-16-2)10-7-8(12)3-4-9(10)11(13)15/h3-4,7H,5-6,12H2,1-2H3,(H2,13,15). The topological polar surface area (TPSA) is 81.6 Å². The molecule has 5 heteroatoms. The predicted molar refractivity (Wildman–Crippen MR) is 64.5 cm³/mol. The molecular formula is C11H17N3O2. The van der Waals surface area contributed by atoms with E-state index in [0.717, 1.165) is 5.69 Å². The summed E-state index contributed by atoms with van der Waals surface area (Å²) in [6.45, 7) is 1.24. The molecule has 1 aromatic carbocycles. The summed E-state index contributed by atoms with van der Waals surface area (Å²) in [4.78, 5) is 13.1. The minimum atomic E-state index is -0.459. The van der Waals surface area contributed by atoms with Crippen LogP contribution < -0.4 is 16.4 Å². The highest BCUT2D eigenvalue weighted by molar-refractivity contribution is 5.99. The van der Waals surface area contributed by atoms with Crippen LogP contribution in [0.3, 0.4) is 0 Å². The Kier molecular flexibility index (Phi) is 4.13. The molecule has 0 heterocycles. The monoisotopic (exact) mass is 223 g/mol. The van der Waals surface area contributed by atoms with Crippen molar-refractivity contribution in [3.63, 3.8) is 0 Å². The van der Waals surface area contributed by atoms with Crippen molar-refractivity contribution < 1.29 is 9.53 Å². The number of carbonyl (C=O) groups is 1. The van der Waals surface area contributed by atoms with Gasteiger partial charge in [0.05, 0.1) is 17.9 Å². The Balaban J connectivity index is 2.99. The van der Waals surface area contributed by atoms with Crippen molar-refractivity contribution in [2.75, 3.05) is 37.9 Å². The number of amides is 1. The molecule has 0 bridgehead atoms. The molecule has 0 unspecified atom stereocenters. The van der Waals surface area contributed by atoms with Crippen molar-refractivity contribution in [1.82, 2.24) is 0 Å². The number of ether oxygens (including phenoxy) is 1.